The number of carbonyl (C=O) groups excluding carboxylic acids is 2. The van der Waals surface area contributed by atoms with Gasteiger partial charge < -0.3 is 5.32 Å². The maximum absolute atomic E-state index is 13.8. The molecular weight excluding hydrogens is 486 g/mol. The summed E-state index contributed by atoms with van der Waals surface area (Å²) in [6.07, 6.45) is 2.07. The predicted octanol–water partition coefficient (Wildman–Crippen LogP) is 6.61. The fourth-order valence-electron chi connectivity index (χ4n) is 5.09. The zero-order valence-electron chi connectivity index (χ0n) is 23.3. The van der Waals surface area contributed by atoms with Gasteiger partial charge in [-0.05, 0) is 65.6 Å². The van der Waals surface area contributed by atoms with Crippen molar-refractivity contribution in [2.24, 2.45) is 5.92 Å². The SMILES string of the molecule is CC(=O)C[C@H](NC(=O)[C@H](CC(C)C)n1cnc2ccccc2c1=O)c1cccc(-c2ccccc2C(C)C)c1. The molecule has 0 aliphatic rings. The molecule has 4 rings (SSSR count). The first-order valence-corrected chi connectivity index (χ1v) is 13.6. The average Bonchev–Trinajstić information content (AvgIpc) is 2.91. The number of nitrogens with one attached hydrogen (secondary N) is 1. The molecule has 4 aromatic rings. The van der Waals surface area contributed by atoms with E-state index in [2.05, 4.69) is 48.4 Å². The minimum atomic E-state index is -0.756. The van der Waals surface area contributed by atoms with Crippen molar-refractivity contribution in [3.63, 3.8) is 0 Å². The van der Waals surface area contributed by atoms with Gasteiger partial charge in [0, 0.05) is 6.42 Å². The summed E-state index contributed by atoms with van der Waals surface area (Å²) < 4.78 is 1.43. The van der Waals surface area contributed by atoms with Gasteiger partial charge in [-0.1, -0.05) is 82.3 Å². The number of fused-ring (bicyclic) bond motifs is 1. The van der Waals surface area contributed by atoms with Gasteiger partial charge in [-0.25, -0.2) is 4.98 Å². The molecule has 0 fully saturated rings. The minimum Gasteiger partial charge on any atom is -0.347 e. The number of benzene rings is 3. The Morgan fingerprint density at radius 2 is 1.64 bits per heavy atom. The summed E-state index contributed by atoms with van der Waals surface area (Å²) in [6, 6.07) is 22.2. The lowest BCUT2D eigenvalue weighted by molar-refractivity contribution is -0.126. The third-order valence-electron chi connectivity index (χ3n) is 7.01. The molecular formula is C33H37N3O3. The number of carbonyl (C=O) groups is 2. The summed E-state index contributed by atoms with van der Waals surface area (Å²) in [5, 5.41) is 3.58. The topological polar surface area (TPSA) is 81.1 Å². The van der Waals surface area contributed by atoms with E-state index in [0.717, 1.165) is 16.7 Å². The molecule has 0 spiro atoms. The van der Waals surface area contributed by atoms with Crippen molar-refractivity contribution in [3.8, 4) is 11.1 Å². The van der Waals surface area contributed by atoms with E-state index in [4.69, 9.17) is 0 Å². The van der Waals surface area contributed by atoms with Crippen LogP contribution in [-0.2, 0) is 9.59 Å². The Bertz CT molecular complexity index is 1540. The summed E-state index contributed by atoms with van der Waals surface area (Å²) in [4.78, 5) is 43.9. The molecule has 202 valence electrons. The van der Waals surface area contributed by atoms with Gasteiger partial charge in [0.1, 0.15) is 11.8 Å². The second-order valence-electron chi connectivity index (χ2n) is 11.0. The highest BCUT2D eigenvalue weighted by molar-refractivity contribution is 5.84. The molecule has 0 radical (unpaired) electrons. The molecule has 2 atom stereocenters. The molecule has 6 nitrogen and oxygen atoms in total. The minimum absolute atomic E-state index is 0.0294. The first-order valence-electron chi connectivity index (χ1n) is 13.6. The van der Waals surface area contributed by atoms with Crippen molar-refractivity contribution in [2.45, 2.75) is 65.5 Å². The van der Waals surface area contributed by atoms with Crippen molar-refractivity contribution in [2.75, 3.05) is 0 Å². The second kappa shape index (κ2) is 12.2. The van der Waals surface area contributed by atoms with E-state index in [0.29, 0.717) is 23.2 Å². The fraction of sp³-hybridized carbons (Fsp3) is 0.333. The van der Waals surface area contributed by atoms with Crippen LogP contribution in [-0.4, -0.2) is 21.2 Å². The van der Waals surface area contributed by atoms with Crippen LogP contribution in [0.3, 0.4) is 0 Å². The Kier molecular flexibility index (Phi) is 8.75. The molecule has 6 heteroatoms. The number of aromatic nitrogens is 2. The van der Waals surface area contributed by atoms with Gasteiger partial charge in [0.2, 0.25) is 5.91 Å². The third-order valence-corrected chi connectivity index (χ3v) is 7.01. The molecule has 0 unspecified atom stereocenters. The summed E-state index contributed by atoms with van der Waals surface area (Å²) >= 11 is 0. The quantitative estimate of drug-likeness (QED) is 0.254. The fourth-order valence-corrected chi connectivity index (χ4v) is 5.09. The Morgan fingerprint density at radius 1 is 0.923 bits per heavy atom. The smallest absolute Gasteiger partial charge is 0.261 e. The monoisotopic (exact) mass is 523 g/mol. The zero-order chi connectivity index (χ0) is 28.1. The number of hydrogen-bond acceptors (Lipinski definition) is 4. The Hall–Kier alpha value is -4.06. The number of amides is 1. The van der Waals surface area contributed by atoms with Crippen molar-refractivity contribution < 1.29 is 9.59 Å². The van der Waals surface area contributed by atoms with Crippen LogP contribution in [0.15, 0.2) is 83.9 Å². The lowest BCUT2D eigenvalue weighted by atomic mass is 9.90. The molecule has 0 saturated heterocycles. The first-order chi connectivity index (χ1) is 18.7. The molecule has 39 heavy (non-hydrogen) atoms. The van der Waals surface area contributed by atoms with Crippen molar-refractivity contribution in [1.82, 2.24) is 14.9 Å². The van der Waals surface area contributed by atoms with Gasteiger partial charge >= 0.3 is 0 Å². The standard InChI is InChI=1S/C33H37N3O3/c1-21(2)17-31(36-20-34-29-16-9-8-15-28(29)33(36)39)32(38)35-30(18-23(5)37)25-12-10-11-24(19-25)27-14-7-6-13-26(27)22(3)4/h6-16,19-22,30-31H,17-18H2,1-5H3,(H,35,38)/t30-,31-/m0/s1. The predicted molar refractivity (Wildman–Crippen MR) is 157 cm³/mol. The molecule has 0 aliphatic carbocycles. The van der Waals surface area contributed by atoms with Gasteiger partial charge in [0.15, 0.2) is 0 Å². The number of ketones is 1. The van der Waals surface area contributed by atoms with Crippen LogP contribution in [0.4, 0.5) is 0 Å². The van der Waals surface area contributed by atoms with Gasteiger partial charge in [-0.3, -0.25) is 19.0 Å². The highest BCUT2D eigenvalue weighted by Gasteiger charge is 2.27. The van der Waals surface area contributed by atoms with Crippen LogP contribution in [0, 0.1) is 5.92 Å². The third kappa shape index (κ3) is 6.51. The number of para-hydroxylation sites is 1. The molecule has 0 aliphatic heterocycles. The molecule has 0 saturated carbocycles. The number of nitrogens with zero attached hydrogens (tertiary/aromatic N) is 2. The molecule has 1 aromatic heterocycles. The Labute approximate surface area is 230 Å². The maximum Gasteiger partial charge on any atom is 0.261 e. The first kappa shape index (κ1) is 28.0. The van der Waals surface area contributed by atoms with Gasteiger partial charge in [-0.15, -0.1) is 0 Å². The van der Waals surface area contributed by atoms with Crippen molar-refractivity contribution >= 4 is 22.6 Å². The lowest BCUT2D eigenvalue weighted by Gasteiger charge is -2.25. The maximum atomic E-state index is 13.8. The number of Topliss-reactive ketones (excluding diaryl/α,β-unsaturated/α-hetero) is 1. The number of hydrogen-bond donors (Lipinski definition) is 1. The van der Waals surface area contributed by atoms with Crippen LogP contribution < -0.4 is 10.9 Å². The van der Waals surface area contributed by atoms with E-state index in [-0.39, 0.29) is 29.6 Å². The number of rotatable bonds is 10. The van der Waals surface area contributed by atoms with Crippen LogP contribution in [0.2, 0.25) is 0 Å². The van der Waals surface area contributed by atoms with Gasteiger partial charge in [0.05, 0.1) is 23.3 Å². The summed E-state index contributed by atoms with van der Waals surface area (Å²) in [6.45, 7) is 9.89. The van der Waals surface area contributed by atoms with Crippen LogP contribution in [0.5, 0.6) is 0 Å². The zero-order valence-corrected chi connectivity index (χ0v) is 23.3. The van der Waals surface area contributed by atoms with E-state index in [1.165, 1.54) is 23.4 Å². The van der Waals surface area contributed by atoms with Gasteiger partial charge in [-0.2, -0.15) is 0 Å². The van der Waals surface area contributed by atoms with E-state index >= 15 is 0 Å². The average molecular weight is 524 g/mol. The lowest BCUT2D eigenvalue weighted by Crippen LogP contribution is -2.40. The largest absolute Gasteiger partial charge is 0.347 e. The van der Waals surface area contributed by atoms with Crippen LogP contribution >= 0.6 is 0 Å². The highest BCUT2D eigenvalue weighted by atomic mass is 16.2. The molecule has 3 aromatic carbocycles. The van der Waals surface area contributed by atoms with Gasteiger partial charge in [0.25, 0.3) is 5.56 Å². The van der Waals surface area contributed by atoms with E-state index in [1.54, 1.807) is 18.2 Å². The molecule has 0 bridgehead atoms. The molecule has 1 heterocycles. The van der Waals surface area contributed by atoms with E-state index in [1.807, 2.05) is 44.2 Å². The Balaban J connectivity index is 1.71. The highest BCUT2D eigenvalue weighted by Crippen LogP contribution is 2.31. The van der Waals surface area contributed by atoms with Crippen LogP contribution in [0.25, 0.3) is 22.0 Å². The second-order valence-corrected chi connectivity index (χ2v) is 11.0. The summed E-state index contributed by atoms with van der Waals surface area (Å²) in [7, 11) is 0. The van der Waals surface area contributed by atoms with E-state index in [9.17, 15) is 14.4 Å². The van der Waals surface area contributed by atoms with E-state index < -0.39 is 12.1 Å². The summed E-state index contributed by atoms with van der Waals surface area (Å²) in [5.41, 5.74) is 4.60. The van der Waals surface area contributed by atoms with Crippen LogP contribution in [0.1, 0.15) is 76.6 Å². The summed E-state index contributed by atoms with van der Waals surface area (Å²) in [5.74, 6) is 0.171. The van der Waals surface area contributed by atoms with Crippen molar-refractivity contribution in [3.05, 3.63) is 101 Å². The normalized spacial score (nSPS) is 13.0. The molecule has 1 N–H and O–H groups in total. The van der Waals surface area contributed by atoms with Crippen molar-refractivity contribution in [1.29, 1.82) is 0 Å². The Morgan fingerprint density at radius 3 is 2.36 bits per heavy atom. The molecule has 1 amide bonds.